The third kappa shape index (κ3) is 1.80. The van der Waals surface area contributed by atoms with Crippen molar-refractivity contribution >= 4 is 13.8 Å². The van der Waals surface area contributed by atoms with Crippen molar-refractivity contribution in [2.45, 2.75) is 6.92 Å². The molecule has 1 saturated heterocycles. The Bertz CT molecular complexity index is 373. The quantitative estimate of drug-likeness (QED) is 0.502. The molecule has 2 aliphatic heterocycles. The molecule has 0 bridgehead atoms. The molecule has 2 atom stereocenters. The van der Waals surface area contributed by atoms with Crippen LogP contribution in [-0.4, -0.2) is 26.3 Å². The van der Waals surface area contributed by atoms with Gasteiger partial charge in [0.05, 0.1) is 18.1 Å². The summed E-state index contributed by atoms with van der Waals surface area (Å²) >= 11 is 0. The average Bonchev–Trinajstić information content (AvgIpc) is 2.50. The van der Waals surface area contributed by atoms with E-state index in [2.05, 4.69) is 4.52 Å². The summed E-state index contributed by atoms with van der Waals surface area (Å²) in [6, 6.07) is 0. The van der Waals surface area contributed by atoms with Crippen molar-refractivity contribution in [2.24, 2.45) is 5.92 Å². The van der Waals surface area contributed by atoms with Crippen LogP contribution in [0.25, 0.3) is 0 Å². The number of fused-ring (bicyclic) bond motifs is 1. The van der Waals surface area contributed by atoms with Crippen molar-refractivity contribution in [3.05, 3.63) is 11.3 Å². The molecule has 1 fully saturated rings. The van der Waals surface area contributed by atoms with Crippen molar-refractivity contribution < 1.29 is 27.7 Å². The molecule has 0 unspecified atom stereocenters. The lowest BCUT2D eigenvalue weighted by Gasteiger charge is -2.14. The average molecular weight is 234 g/mol. The van der Waals surface area contributed by atoms with Gasteiger partial charge in [-0.1, -0.05) is 0 Å². The van der Waals surface area contributed by atoms with Gasteiger partial charge >= 0.3 is 13.8 Å². The summed E-state index contributed by atoms with van der Waals surface area (Å²) in [4.78, 5) is 11.3. The van der Waals surface area contributed by atoms with Gasteiger partial charge in [0.25, 0.3) is 0 Å². The van der Waals surface area contributed by atoms with Crippen LogP contribution in [0.15, 0.2) is 11.3 Å². The highest BCUT2D eigenvalue weighted by Gasteiger charge is 2.41. The van der Waals surface area contributed by atoms with Gasteiger partial charge in [-0.2, -0.15) is 0 Å². The third-order valence-electron chi connectivity index (χ3n) is 2.33. The van der Waals surface area contributed by atoms with Crippen molar-refractivity contribution in [3.8, 4) is 0 Å². The number of ether oxygens (including phenoxy) is 1. The highest BCUT2D eigenvalue weighted by molar-refractivity contribution is 7.48. The Kier molecular flexibility index (Phi) is 2.58. The molecular weight excluding hydrogens is 223 g/mol. The van der Waals surface area contributed by atoms with Gasteiger partial charge < -0.3 is 9.26 Å². The molecule has 0 N–H and O–H groups in total. The van der Waals surface area contributed by atoms with Crippen LogP contribution in [0.3, 0.4) is 0 Å². The fourth-order valence-corrected chi connectivity index (χ4v) is 2.61. The van der Waals surface area contributed by atoms with Crippen LogP contribution in [-0.2, 0) is 27.7 Å². The van der Waals surface area contributed by atoms with Gasteiger partial charge in [0.2, 0.25) is 0 Å². The molecule has 0 aromatic rings. The van der Waals surface area contributed by atoms with Crippen LogP contribution < -0.4 is 0 Å². The number of carbonyl (C=O) groups excluding carboxylic acids is 1. The van der Waals surface area contributed by atoms with E-state index >= 15 is 0 Å². The molecule has 0 radical (unpaired) electrons. The minimum absolute atomic E-state index is 0.101. The van der Waals surface area contributed by atoms with Gasteiger partial charge in [0.15, 0.2) is 0 Å². The van der Waals surface area contributed by atoms with E-state index in [1.54, 1.807) is 6.92 Å². The van der Waals surface area contributed by atoms with Crippen molar-refractivity contribution in [1.29, 1.82) is 0 Å². The van der Waals surface area contributed by atoms with Gasteiger partial charge in [-0.15, -0.1) is 0 Å². The number of phosphoric acid groups is 1. The largest absolute Gasteiger partial charge is 0.529 e. The van der Waals surface area contributed by atoms with Gasteiger partial charge in [0.1, 0.15) is 12.4 Å². The van der Waals surface area contributed by atoms with E-state index in [9.17, 15) is 9.36 Å². The monoisotopic (exact) mass is 234 g/mol. The summed E-state index contributed by atoms with van der Waals surface area (Å²) < 4.78 is 31.2. The minimum Gasteiger partial charge on any atom is -0.461 e. The highest BCUT2D eigenvalue weighted by Crippen LogP contribution is 2.54. The maximum Gasteiger partial charge on any atom is 0.529 e. The number of carbonyl (C=O) groups is 1. The molecule has 0 aromatic heterocycles. The molecule has 7 heteroatoms. The molecule has 6 nitrogen and oxygen atoms in total. The van der Waals surface area contributed by atoms with Crippen molar-refractivity contribution in [3.63, 3.8) is 0 Å². The molecule has 0 saturated carbocycles. The molecule has 2 rings (SSSR count). The minimum atomic E-state index is -3.54. The number of rotatable bonds is 1. The second-order valence-electron chi connectivity index (χ2n) is 3.28. The maximum absolute atomic E-state index is 11.7. The molecule has 0 aromatic carbocycles. The molecule has 84 valence electrons. The van der Waals surface area contributed by atoms with Crippen molar-refractivity contribution in [1.82, 2.24) is 0 Å². The molecular formula is C8H11O6P. The van der Waals surface area contributed by atoms with Gasteiger partial charge in [-0.3, -0.25) is 9.05 Å². The van der Waals surface area contributed by atoms with Crippen LogP contribution in [0.5, 0.6) is 0 Å². The highest BCUT2D eigenvalue weighted by atomic mass is 31.2. The first kappa shape index (κ1) is 10.7. The topological polar surface area (TPSA) is 71.1 Å². The lowest BCUT2D eigenvalue weighted by Crippen LogP contribution is -2.09. The van der Waals surface area contributed by atoms with E-state index in [1.165, 1.54) is 7.11 Å². The van der Waals surface area contributed by atoms with Crippen LogP contribution in [0.2, 0.25) is 0 Å². The maximum atomic E-state index is 11.7. The Morgan fingerprint density at radius 1 is 1.47 bits per heavy atom. The lowest BCUT2D eigenvalue weighted by molar-refractivity contribution is -0.135. The Labute approximate surface area is 86.8 Å². The second-order valence-corrected chi connectivity index (χ2v) is 4.98. The summed E-state index contributed by atoms with van der Waals surface area (Å²) in [6.45, 7) is 1.89. The van der Waals surface area contributed by atoms with E-state index < -0.39 is 13.8 Å². The normalized spacial score (nSPS) is 35.6. The Hall–Kier alpha value is -0.840. The molecule has 15 heavy (non-hydrogen) atoms. The SMILES string of the molecule is CO[P@@]1(=O)OC[C@H]2COC(=O)C2=C(C)O1. The number of hydrogen-bond acceptors (Lipinski definition) is 6. The van der Waals surface area contributed by atoms with E-state index in [0.717, 1.165) is 0 Å². The van der Waals surface area contributed by atoms with Crippen LogP contribution in [0, 0.1) is 5.92 Å². The fraction of sp³-hybridized carbons (Fsp3) is 0.625. The van der Waals surface area contributed by atoms with Crippen LogP contribution in [0.1, 0.15) is 6.92 Å². The Balaban J connectivity index is 2.35. The molecule has 0 aliphatic carbocycles. The molecule has 2 aliphatic rings. The smallest absolute Gasteiger partial charge is 0.461 e. The zero-order valence-corrected chi connectivity index (χ0v) is 9.28. The second kappa shape index (κ2) is 3.63. The Morgan fingerprint density at radius 2 is 2.20 bits per heavy atom. The van der Waals surface area contributed by atoms with Crippen LogP contribution in [0.4, 0.5) is 0 Å². The van der Waals surface area contributed by atoms with Gasteiger partial charge in [0, 0.05) is 7.11 Å². The van der Waals surface area contributed by atoms with Gasteiger partial charge in [-0.05, 0) is 6.92 Å². The molecule has 0 spiro atoms. The summed E-state index contributed by atoms with van der Waals surface area (Å²) in [5.41, 5.74) is 0.393. The summed E-state index contributed by atoms with van der Waals surface area (Å²) in [5, 5.41) is 0. The predicted octanol–water partition coefficient (Wildman–Crippen LogP) is 1.23. The standard InChI is InChI=1S/C8H11O6P/c1-5-7-6(3-12-8(7)9)4-13-15(10,11-2)14-5/h6H,3-4H2,1-2H3/t6-,15+/m1/s1. The third-order valence-corrected chi connectivity index (χ3v) is 3.74. The summed E-state index contributed by atoms with van der Waals surface area (Å²) in [5.74, 6) is -0.403. The van der Waals surface area contributed by atoms with Crippen LogP contribution >= 0.6 is 7.82 Å². The zero-order chi connectivity index (χ0) is 11.1. The van der Waals surface area contributed by atoms with E-state index in [-0.39, 0.29) is 24.9 Å². The first-order valence-electron chi connectivity index (χ1n) is 4.43. The zero-order valence-electron chi connectivity index (χ0n) is 8.39. The number of esters is 1. The van der Waals surface area contributed by atoms with Crippen molar-refractivity contribution in [2.75, 3.05) is 20.3 Å². The number of cyclic esters (lactones) is 1. The van der Waals surface area contributed by atoms with Gasteiger partial charge in [-0.25, -0.2) is 9.36 Å². The predicted molar refractivity (Wildman–Crippen MR) is 48.8 cm³/mol. The fourth-order valence-electron chi connectivity index (χ4n) is 1.58. The van der Waals surface area contributed by atoms with E-state index in [0.29, 0.717) is 5.57 Å². The number of phosphoric ester groups is 1. The van der Waals surface area contributed by atoms with E-state index in [4.69, 9.17) is 13.8 Å². The first-order valence-corrected chi connectivity index (χ1v) is 5.89. The first-order chi connectivity index (χ1) is 7.06. The molecule has 2 heterocycles. The Morgan fingerprint density at radius 3 is 2.87 bits per heavy atom. The number of allylic oxidation sites excluding steroid dienone is 1. The molecule has 0 amide bonds. The summed E-state index contributed by atoms with van der Waals surface area (Å²) in [7, 11) is -2.31. The number of hydrogen-bond donors (Lipinski definition) is 0. The lowest BCUT2D eigenvalue weighted by atomic mass is 10.0. The summed E-state index contributed by atoms with van der Waals surface area (Å²) in [6.07, 6.45) is 0. The van der Waals surface area contributed by atoms with E-state index in [1.807, 2.05) is 0 Å².